The maximum absolute atomic E-state index is 3.48. The van der Waals surface area contributed by atoms with Gasteiger partial charge in [-0.05, 0) is 62.4 Å². The van der Waals surface area contributed by atoms with Gasteiger partial charge >= 0.3 is 0 Å². The normalized spacial score (nSPS) is 12.3. The fourth-order valence-electron chi connectivity index (χ4n) is 2.75. The lowest BCUT2D eigenvalue weighted by molar-refractivity contribution is 0.518. The molecule has 0 aliphatic carbocycles. The molecule has 0 fully saturated rings. The molecule has 106 valence electrons. The zero-order valence-electron chi connectivity index (χ0n) is 12.8. The van der Waals surface area contributed by atoms with Gasteiger partial charge < -0.3 is 5.32 Å². The van der Waals surface area contributed by atoms with E-state index in [2.05, 4.69) is 74.7 Å². The summed E-state index contributed by atoms with van der Waals surface area (Å²) >= 11 is 0. The second-order valence-corrected chi connectivity index (χ2v) is 5.58. The van der Waals surface area contributed by atoms with Gasteiger partial charge in [-0.1, -0.05) is 48.5 Å². The van der Waals surface area contributed by atoms with Crippen LogP contribution in [0.5, 0.6) is 0 Å². The Morgan fingerprint density at radius 1 is 0.900 bits per heavy atom. The van der Waals surface area contributed by atoms with Gasteiger partial charge in [-0.15, -0.1) is 0 Å². The van der Waals surface area contributed by atoms with Crippen LogP contribution in [0, 0.1) is 13.8 Å². The molecule has 0 radical (unpaired) electrons. The maximum Gasteiger partial charge on any atom is 0.0108 e. The van der Waals surface area contributed by atoms with E-state index in [1.165, 1.54) is 28.7 Å². The molecular formula is C19H25N. The van der Waals surface area contributed by atoms with Crippen molar-refractivity contribution in [2.45, 2.75) is 39.2 Å². The first-order valence-corrected chi connectivity index (χ1v) is 7.47. The summed E-state index contributed by atoms with van der Waals surface area (Å²) < 4.78 is 0. The predicted molar refractivity (Wildman–Crippen MR) is 87.2 cm³/mol. The monoisotopic (exact) mass is 267 g/mol. The third-order valence-corrected chi connectivity index (χ3v) is 4.13. The average molecular weight is 267 g/mol. The third-order valence-electron chi connectivity index (χ3n) is 4.13. The number of hydrogen-bond donors (Lipinski definition) is 1. The fourth-order valence-corrected chi connectivity index (χ4v) is 2.75. The Morgan fingerprint density at radius 3 is 2.15 bits per heavy atom. The van der Waals surface area contributed by atoms with Gasteiger partial charge in [-0.3, -0.25) is 0 Å². The van der Waals surface area contributed by atoms with E-state index in [9.17, 15) is 0 Å². The molecule has 0 spiro atoms. The largest absolute Gasteiger partial charge is 0.317 e. The molecule has 0 heterocycles. The Balaban J connectivity index is 1.99. The molecule has 0 amide bonds. The molecule has 2 rings (SSSR count). The van der Waals surface area contributed by atoms with E-state index in [1.54, 1.807) is 0 Å². The topological polar surface area (TPSA) is 12.0 Å². The summed E-state index contributed by atoms with van der Waals surface area (Å²) in [5.41, 5.74) is 5.74. The first-order valence-electron chi connectivity index (χ1n) is 7.47. The first-order chi connectivity index (χ1) is 9.70. The van der Waals surface area contributed by atoms with Gasteiger partial charge in [0.2, 0.25) is 0 Å². The van der Waals surface area contributed by atoms with E-state index < -0.39 is 0 Å². The van der Waals surface area contributed by atoms with E-state index in [0.29, 0.717) is 6.04 Å². The van der Waals surface area contributed by atoms with Gasteiger partial charge in [0.1, 0.15) is 0 Å². The van der Waals surface area contributed by atoms with Crippen molar-refractivity contribution < 1.29 is 0 Å². The minimum absolute atomic E-state index is 0.537. The molecule has 0 saturated carbocycles. The number of hydrogen-bond acceptors (Lipinski definition) is 1. The molecular weight excluding hydrogens is 242 g/mol. The van der Waals surface area contributed by atoms with Crippen LogP contribution < -0.4 is 5.32 Å². The summed E-state index contributed by atoms with van der Waals surface area (Å²) in [6.45, 7) is 4.43. The summed E-state index contributed by atoms with van der Waals surface area (Å²) in [4.78, 5) is 0. The van der Waals surface area contributed by atoms with Crippen molar-refractivity contribution in [3.05, 3.63) is 70.8 Å². The molecule has 1 nitrogen and oxygen atoms in total. The Hall–Kier alpha value is -1.60. The summed E-state index contributed by atoms with van der Waals surface area (Å²) in [5, 5.41) is 3.48. The Bertz CT molecular complexity index is 510. The zero-order valence-corrected chi connectivity index (χ0v) is 12.8. The molecule has 1 unspecified atom stereocenters. The standard InChI is InChI=1S/C19H25N/c1-15-8-7-9-16(2)19(15)14-18(20-3)13-12-17-10-5-4-6-11-17/h4-11,18,20H,12-14H2,1-3H3. The maximum atomic E-state index is 3.48. The summed E-state index contributed by atoms with van der Waals surface area (Å²) in [6.07, 6.45) is 3.42. The summed E-state index contributed by atoms with van der Waals surface area (Å²) in [5.74, 6) is 0. The average Bonchev–Trinajstić information content (AvgIpc) is 2.47. The predicted octanol–water partition coefficient (Wildman–Crippen LogP) is 4.07. The molecule has 1 atom stereocenters. The zero-order chi connectivity index (χ0) is 14.4. The van der Waals surface area contributed by atoms with Crippen LogP contribution >= 0.6 is 0 Å². The second kappa shape index (κ2) is 7.25. The highest BCUT2D eigenvalue weighted by molar-refractivity contribution is 5.34. The Labute approximate surface area is 123 Å². The van der Waals surface area contributed by atoms with Crippen molar-refractivity contribution in [1.82, 2.24) is 5.32 Å². The van der Waals surface area contributed by atoms with Gasteiger partial charge in [-0.25, -0.2) is 0 Å². The van der Waals surface area contributed by atoms with Crippen molar-refractivity contribution in [3.63, 3.8) is 0 Å². The SMILES string of the molecule is CNC(CCc1ccccc1)Cc1c(C)cccc1C. The van der Waals surface area contributed by atoms with Gasteiger partial charge in [0, 0.05) is 6.04 Å². The molecule has 2 aromatic carbocycles. The van der Waals surface area contributed by atoms with Crippen LogP contribution in [0.15, 0.2) is 48.5 Å². The molecule has 2 aromatic rings. The lowest BCUT2D eigenvalue weighted by Gasteiger charge is -2.19. The minimum atomic E-state index is 0.537. The van der Waals surface area contributed by atoms with Crippen molar-refractivity contribution in [2.75, 3.05) is 7.05 Å². The van der Waals surface area contributed by atoms with Crippen LogP contribution in [-0.2, 0) is 12.8 Å². The smallest absolute Gasteiger partial charge is 0.0108 e. The Kier molecular flexibility index (Phi) is 5.37. The number of nitrogens with one attached hydrogen (secondary N) is 1. The molecule has 0 aliphatic rings. The van der Waals surface area contributed by atoms with Crippen LogP contribution in [-0.4, -0.2) is 13.1 Å². The summed E-state index contributed by atoms with van der Waals surface area (Å²) in [6, 6.07) is 17.9. The van der Waals surface area contributed by atoms with Crippen LogP contribution in [0.1, 0.15) is 28.7 Å². The van der Waals surface area contributed by atoms with E-state index >= 15 is 0 Å². The van der Waals surface area contributed by atoms with Crippen molar-refractivity contribution in [2.24, 2.45) is 0 Å². The molecule has 20 heavy (non-hydrogen) atoms. The van der Waals surface area contributed by atoms with Crippen molar-refractivity contribution >= 4 is 0 Å². The lowest BCUT2D eigenvalue weighted by atomic mass is 9.93. The highest BCUT2D eigenvalue weighted by Crippen LogP contribution is 2.17. The first kappa shape index (κ1) is 14.8. The minimum Gasteiger partial charge on any atom is -0.317 e. The number of rotatable bonds is 6. The fraction of sp³-hybridized carbons (Fsp3) is 0.368. The van der Waals surface area contributed by atoms with Crippen LogP contribution in [0.2, 0.25) is 0 Å². The van der Waals surface area contributed by atoms with E-state index in [4.69, 9.17) is 0 Å². The molecule has 0 bridgehead atoms. The highest BCUT2D eigenvalue weighted by atomic mass is 14.9. The van der Waals surface area contributed by atoms with E-state index in [-0.39, 0.29) is 0 Å². The van der Waals surface area contributed by atoms with Gasteiger partial charge in [0.05, 0.1) is 0 Å². The van der Waals surface area contributed by atoms with Crippen molar-refractivity contribution in [3.8, 4) is 0 Å². The van der Waals surface area contributed by atoms with E-state index in [0.717, 1.165) is 12.8 Å². The molecule has 1 heteroatoms. The Morgan fingerprint density at radius 2 is 1.55 bits per heavy atom. The van der Waals surface area contributed by atoms with Crippen molar-refractivity contribution in [1.29, 1.82) is 0 Å². The van der Waals surface area contributed by atoms with Crippen LogP contribution in [0.4, 0.5) is 0 Å². The molecule has 1 N–H and O–H groups in total. The second-order valence-electron chi connectivity index (χ2n) is 5.58. The van der Waals surface area contributed by atoms with Gasteiger partial charge in [0.15, 0.2) is 0 Å². The number of aryl methyl sites for hydroxylation is 3. The van der Waals surface area contributed by atoms with Crippen LogP contribution in [0.3, 0.4) is 0 Å². The van der Waals surface area contributed by atoms with Gasteiger partial charge in [-0.2, -0.15) is 0 Å². The third kappa shape index (κ3) is 3.94. The lowest BCUT2D eigenvalue weighted by Crippen LogP contribution is -2.28. The van der Waals surface area contributed by atoms with Crippen LogP contribution in [0.25, 0.3) is 0 Å². The number of benzene rings is 2. The molecule has 0 saturated heterocycles. The summed E-state index contributed by atoms with van der Waals surface area (Å²) in [7, 11) is 2.07. The highest BCUT2D eigenvalue weighted by Gasteiger charge is 2.11. The molecule has 0 aromatic heterocycles. The quantitative estimate of drug-likeness (QED) is 0.832. The number of likely N-dealkylation sites (N-methyl/N-ethyl adjacent to an activating group) is 1. The van der Waals surface area contributed by atoms with Gasteiger partial charge in [0.25, 0.3) is 0 Å². The molecule has 0 aliphatic heterocycles. The van der Waals surface area contributed by atoms with E-state index in [1.807, 2.05) is 0 Å².